The molecule has 1 amide bonds. The van der Waals surface area contributed by atoms with Gasteiger partial charge in [-0.15, -0.1) is 10.2 Å². The number of piperidine rings is 1. The molecule has 3 heterocycles. The van der Waals surface area contributed by atoms with Crippen molar-refractivity contribution in [2.45, 2.75) is 31.8 Å². The third kappa shape index (κ3) is 4.34. The fraction of sp³-hybridized carbons (Fsp3) is 0.364. The molecule has 0 radical (unpaired) electrons. The molecule has 1 aromatic carbocycles. The van der Waals surface area contributed by atoms with Crippen molar-refractivity contribution in [2.75, 3.05) is 18.8 Å². The van der Waals surface area contributed by atoms with Gasteiger partial charge >= 0.3 is 0 Å². The number of carbonyl (C=O) groups excluding carboxylic acids is 1. The number of rotatable bonds is 5. The van der Waals surface area contributed by atoms with E-state index in [4.69, 9.17) is 0 Å². The van der Waals surface area contributed by atoms with E-state index < -0.39 is 0 Å². The van der Waals surface area contributed by atoms with Crippen molar-refractivity contribution in [3.8, 4) is 17.1 Å². The van der Waals surface area contributed by atoms with Crippen LogP contribution < -0.4 is 0 Å². The molecule has 0 spiro atoms. The quantitative estimate of drug-likeness (QED) is 0.599. The van der Waals surface area contributed by atoms with Crippen molar-refractivity contribution >= 4 is 17.7 Å². The molecule has 1 saturated heterocycles. The van der Waals surface area contributed by atoms with Crippen LogP contribution in [0.15, 0.2) is 53.9 Å². The van der Waals surface area contributed by atoms with E-state index in [1.807, 2.05) is 33.7 Å². The first-order valence-electron chi connectivity index (χ1n) is 9.96. The van der Waals surface area contributed by atoms with Crippen molar-refractivity contribution in [2.24, 2.45) is 5.92 Å². The summed E-state index contributed by atoms with van der Waals surface area (Å²) >= 11 is 1.45. The smallest absolute Gasteiger partial charge is 0.233 e. The molecule has 0 atom stereocenters. The fourth-order valence-electron chi connectivity index (χ4n) is 3.55. The SMILES string of the molecule is Cc1ccccc1-n1c(SCC(=O)N2CCC(C)CC2)nnc1-c1cccnc1. The summed E-state index contributed by atoms with van der Waals surface area (Å²) in [5.41, 5.74) is 3.03. The van der Waals surface area contributed by atoms with Crippen LogP contribution in [0.25, 0.3) is 17.1 Å². The van der Waals surface area contributed by atoms with Crippen molar-refractivity contribution in [1.82, 2.24) is 24.6 Å². The molecule has 7 heteroatoms. The zero-order valence-corrected chi connectivity index (χ0v) is 17.6. The van der Waals surface area contributed by atoms with Crippen LogP contribution in [0.3, 0.4) is 0 Å². The lowest BCUT2D eigenvalue weighted by Crippen LogP contribution is -2.38. The highest BCUT2D eigenvalue weighted by molar-refractivity contribution is 7.99. The Hall–Kier alpha value is -2.67. The standard InChI is InChI=1S/C22H25N5OS/c1-16-9-12-26(13-10-16)20(28)15-29-22-25-24-21(18-7-5-11-23-14-18)27(22)19-8-4-3-6-17(19)2/h3-8,11,14,16H,9-10,12-13,15H2,1-2H3. The Bertz CT molecular complexity index is 980. The largest absolute Gasteiger partial charge is 0.342 e. The van der Waals surface area contributed by atoms with E-state index in [9.17, 15) is 4.79 Å². The number of hydrogen-bond donors (Lipinski definition) is 0. The molecule has 2 aromatic heterocycles. The second kappa shape index (κ2) is 8.78. The van der Waals surface area contributed by atoms with Crippen molar-refractivity contribution < 1.29 is 4.79 Å². The summed E-state index contributed by atoms with van der Waals surface area (Å²) in [6.07, 6.45) is 5.70. The van der Waals surface area contributed by atoms with Crippen molar-refractivity contribution in [3.63, 3.8) is 0 Å². The summed E-state index contributed by atoms with van der Waals surface area (Å²) in [6.45, 7) is 6.02. The van der Waals surface area contributed by atoms with Gasteiger partial charge < -0.3 is 4.90 Å². The zero-order chi connectivity index (χ0) is 20.2. The van der Waals surface area contributed by atoms with Gasteiger partial charge in [0.25, 0.3) is 0 Å². The van der Waals surface area contributed by atoms with Gasteiger partial charge in [-0.2, -0.15) is 0 Å². The summed E-state index contributed by atoms with van der Waals surface area (Å²) < 4.78 is 2.03. The Labute approximate surface area is 175 Å². The average molecular weight is 408 g/mol. The first-order valence-corrected chi connectivity index (χ1v) is 10.9. The van der Waals surface area contributed by atoms with E-state index in [-0.39, 0.29) is 5.91 Å². The van der Waals surface area contributed by atoms with Crippen LogP contribution in [0.2, 0.25) is 0 Å². The fourth-order valence-corrected chi connectivity index (χ4v) is 4.40. The van der Waals surface area contributed by atoms with Crippen LogP contribution in [0, 0.1) is 12.8 Å². The molecule has 29 heavy (non-hydrogen) atoms. The number of aromatic nitrogens is 4. The third-order valence-corrected chi connectivity index (χ3v) is 6.28. The van der Waals surface area contributed by atoms with Crippen LogP contribution in [0.4, 0.5) is 0 Å². The molecule has 1 fully saturated rings. The average Bonchev–Trinajstić information content (AvgIpc) is 3.17. The number of para-hydroxylation sites is 1. The minimum absolute atomic E-state index is 0.171. The monoisotopic (exact) mass is 407 g/mol. The van der Waals surface area contributed by atoms with Gasteiger partial charge in [-0.1, -0.05) is 36.9 Å². The molecule has 0 N–H and O–H groups in total. The van der Waals surface area contributed by atoms with E-state index >= 15 is 0 Å². The first kappa shape index (κ1) is 19.6. The second-order valence-corrected chi connectivity index (χ2v) is 8.46. The van der Waals surface area contributed by atoms with E-state index in [1.54, 1.807) is 12.4 Å². The molecule has 6 nitrogen and oxygen atoms in total. The number of nitrogens with zero attached hydrogens (tertiary/aromatic N) is 5. The molecule has 4 rings (SSSR count). The summed E-state index contributed by atoms with van der Waals surface area (Å²) in [5, 5.41) is 9.57. The second-order valence-electron chi connectivity index (χ2n) is 7.52. The maximum absolute atomic E-state index is 12.7. The maximum Gasteiger partial charge on any atom is 0.233 e. The van der Waals surface area contributed by atoms with Crippen molar-refractivity contribution in [1.29, 1.82) is 0 Å². The minimum Gasteiger partial charge on any atom is -0.342 e. The number of benzene rings is 1. The molecular weight excluding hydrogens is 382 g/mol. The molecule has 0 aliphatic carbocycles. The molecule has 0 saturated carbocycles. The van der Waals surface area contributed by atoms with Gasteiger partial charge in [0.2, 0.25) is 5.91 Å². The number of carbonyl (C=O) groups is 1. The number of likely N-dealkylation sites (tertiary alicyclic amines) is 1. The molecule has 150 valence electrons. The van der Waals surface area contributed by atoms with Crippen LogP contribution in [0.1, 0.15) is 25.3 Å². The lowest BCUT2D eigenvalue weighted by atomic mass is 9.99. The number of pyridine rings is 1. The molecule has 1 aliphatic rings. The summed E-state index contributed by atoms with van der Waals surface area (Å²) in [5.74, 6) is 1.97. The van der Waals surface area contributed by atoms with Gasteiger partial charge in [-0.3, -0.25) is 14.3 Å². The Kier molecular flexibility index (Phi) is 5.94. The Balaban J connectivity index is 1.61. The minimum atomic E-state index is 0.171. The molecule has 3 aromatic rings. The molecule has 0 unspecified atom stereocenters. The van der Waals surface area contributed by atoms with Crippen LogP contribution >= 0.6 is 11.8 Å². The number of aryl methyl sites for hydroxylation is 1. The number of amides is 1. The third-order valence-electron chi connectivity index (χ3n) is 5.37. The lowest BCUT2D eigenvalue weighted by molar-refractivity contribution is -0.129. The van der Waals surface area contributed by atoms with Gasteiger partial charge in [0.1, 0.15) is 0 Å². The van der Waals surface area contributed by atoms with Crippen LogP contribution in [-0.2, 0) is 4.79 Å². The first-order chi connectivity index (χ1) is 14.1. The lowest BCUT2D eigenvalue weighted by Gasteiger charge is -2.30. The Morgan fingerprint density at radius 2 is 1.93 bits per heavy atom. The molecular formula is C22H25N5OS. The van der Waals surface area contributed by atoms with Gasteiger partial charge in [-0.05, 0) is 49.4 Å². The molecule has 1 aliphatic heterocycles. The zero-order valence-electron chi connectivity index (χ0n) is 16.8. The van der Waals surface area contributed by atoms with Gasteiger partial charge in [0.05, 0.1) is 11.4 Å². The van der Waals surface area contributed by atoms with E-state index in [0.29, 0.717) is 11.7 Å². The summed E-state index contributed by atoms with van der Waals surface area (Å²) in [6, 6.07) is 12.0. The summed E-state index contributed by atoms with van der Waals surface area (Å²) in [7, 11) is 0. The van der Waals surface area contributed by atoms with E-state index in [2.05, 4.69) is 41.2 Å². The van der Waals surface area contributed by atoms with Gasteiger partial charge in [-0.25, -0.2) is 0 Å². The predicted molar refractivity (Wildman–Crippen MR) is 115 cm³/mol. The highest BCUT2D eigenvalue weighted by Crippen LogP contribution is 2.29. The van der Waals surface area contributed by atoms with Gasteiger partial charge in [0, 0.05) is 31.0 Å². The summed E-state index contributed by atoms with van der Waals surface area (Å²) in [4.78, 5) is 18.9. The molecule has 0 bridgehead atoms. The number of hydrogen-bond acceptors (Lipinski definition) is 5. The highest BCUT2D eigenvalue weighted by atomic mass is 32.2. The van der Waals surface area contributed by atoms with Crippen LogP contribution in [-0.4, -0.2) is 49.4 Å². The Morgan fingerprint density at radius 1 is 1.14 bits per heavy atom. The van der Waals surface area contributed by atoms with E-state index in [1.165, 1.54) is 11.8 Å². The van der Waals surface area contributed by atoms with E-state index in [0.717, 1.165) is 53.7 Å². The maximum atomic E-state index is 12.7. The van der Waals surface area contributed by atoms with Gasteiger partial charge in [0.15, 0.2) is 11.0 Å². The predicted octanol–water partition coefficient (Wildman–Crippen LogP) is 3.99. The highest BCUT2D eigenvalue weighted by Gasteiger charge is 2.22. The topological polar surface area (TPSA) is 63.9 Å². The van der Waals surface area contributed by atoms with Crippen molar-refractivity contribution in [3.05, 3.63) is 54.4 Å². The normalized spacial score (nSPS) is 14.9. The number of thioether (sulfide) groups is 1. The van der Waals surface area contributed by atoms with Crippen LogP contribution in [0.5, 0.6) is 0 Å². The Morgan fingerprint density at radius 3 is 2.66 bits per heavy atom.